The molecule has 1 aromatic heterocycles. The zero-order chi connectivity index (χ0) is 11.5. The molecule has 0 saturated heterocycles. The summed E-state index contributed by atoms with van der Waals surface area (Å²) in [5.41, 5.74) is 1.59. The molecule has 0 saturated carbocycles. The van der Waals surface area contributed by atoms with E-state index in [0.29, 0.717) is 24.0 Å². The molecule has 2 aromatic rings. The lowest BCUT2D eigenvalue weighted by Gasteiger charge is -2.04. The predicted molar refractivity (Wildman–Crippen MR) is 57.5 cm³/mol. The van der Waals surface area contributed by atoms with Gasteiger partial charge in [0.2, 0.25) is 5.89 Å². The van der Waals surface area contributed by atoms with Gasteiger partial charge in [0, 0.05) is 19.0 Å². The van der Waals surface area contributed by atoms with Gasteiger partial charge in [-0.15, -0.1) is 5.10 Å². The highest BCUT2D eigenvalue weighted by molar-refractivity contribution is 5.28. The van der Waals surface area contributed by atoms with Crippen LogP contribution in [-0.4, -0.2) is 10.2 Å². The molecule has 0 radical (unpaired) electrons. The summed E-state index contributed by atoms with van der Waals surface area (Å²) in [6.07, 6.45) is 0. The molecule has 1 aromatic carbocycles. The van der Waals surface area contributed by atoms with E-state index in [1.807, 2.05) is 6.92 Å². The van der Waals surface area contributed by atoms with E-state index in [4.69, 9.17) is 4.42 Å². The number of rotatable bonds is 3. The minimum Gasteiger partial charge on any atom is -0.408 e. The molecule has 84 valence electrons. The van der Waals surface area contributed by atoms with E-state index in [1.54, 1.807) is 19.1 Å². The maximum absolute atomic E-state index is 13.4. The van der Waals surface area contributed by atoms with Gasteiger partial charge >= 0.3 is 6.01 Å². The highest BCUT2D eigenvalue weighted by Crippen LogP contribution is 2.12. The standard InChI is InChI=1S/C11H12FN3O/c1-7-3-4-10(12)9(5-7)6-13-11-15-14-8(2)16-11/h3-5H,6H2,1-2H3,(H,13,15). The quantitative estimate of drug-likeness (QED) is 0.864. The molecule has 0 fully saturated rings. The highest BCUT2D eigenvalue weighted by Gasteiger charge is 2.05. The van der Waals surface area contributed by atoms with Crippen molar-refractivity contribution in [3.8, 4) is 0 Å². The smallest absolute Gasteiger partial charge is 0.315 e. The fraction of sp³-hybridized carbons (Fsp3) is 0.273. The van der Waals surface area contributed by atoms with Crippen LogP contribution in [0.5, 0.6) is 0 Å². The highest BCUT2D eigenvalue weighted by atomic mass is 19.1. The molecule has 0 aliphatic heterocycles. The first-order chi connectivity index (χ1) is 7.65. The summed E-state index contributed by atoms with van der Waals surface area (Å²) in [5.74, 6) is 0.238. The van der Waals surface area contributed by atoms with Crippen LogP contribution >= 0.6 is 0 Å². The first-order valence-corrected chi connectivity index (χ1v) is 4.94. The Morgan fingerprint density at radius 3 is 2.81 bits per heavy atom. The third kappa shape index (κ3) is 2.36. The zero-order valence-corrected chi connectivity index (χ0v) is 9.12. The van der Waals surface area contributed by atoms with Gasteiger partial charge in [0.25, 0.3) is 0 Å². The Balaban J connectivity index is 2.07. The topological polar surface area (TPSA) is 51.0 Å². The number of hydrogen-bond acceptors (Lipinski definition) is 4. The number of halogens is 1. The maximum Gasteiger partial charge on any atom is 0.315 e. The molecule has 0 atom stereocenters. The molecule has 0 bridgehead atoms. The molecule has 0 aliphatic carbocycles. The molecule has 4 nitrogen and oxygen atoms in total. The first-order valence-electron chi connectivity index (χ1n) is 4.94. The van der Waals surface area contributed by atoms with E-state index < -0.39 is 0 Å². The van der Waals surface area contributed by atoms with E-state index in [0.717, 1.165) is 5.56 Å². The van der Waals surface area contributed by atoms with Crippen molar-refractivity contribution in [2.75, 3.05) is 5.32 Å². The van der Waals surface area contributed by atoms with Crippen LogP contribution in [0.4, 0.5) is 10.4 Å². The van der Waals surface area contributed by atoms with Gasteiger partial charge in [-0.25, -0.2) is 4.39 Å². The van der Waals surface area contributed by atoms with Gasteiger partial charge in [-0.1, -0.05) is 22.8 Å². The monoisotopic (exact) mass is 221 g/mol. The summed E-state index contributed by atoms with van der Waals surface area (Å²) in [6, 6.07) is 5.27. The number of nitrogens with one attached hydrogen (secondary N) is 1. The van der Waals surface area contributed by atoms with Crippen LogP contribution < -0.4 is 5.32 Å². The van der Waals surface area contributed by atoms with Crippen molar-refractivity contribution in [2.45, 2.75) is 20.4 Å². The molecule has 0 spiro atoms. The molecular weight excluding hydrogens is 209 g/mol. The molecular formula is C11H12FN3O. The summed E-state index contributed by atoms with van der Waals surface area (Å²) in [5, 5.41) is 10.3. The third-order valence-electron chi connectivity index (χ3n) is 2.16. The molecule has 0 aliphatic rings. The molecule has 1 heterocycles. The summed E-state index contributed by atoms with van der Waals surface area (Å²) in [6.45, 7) is 3.94. The SMILES string of the molecule is Cc1ccc(F)c(CNc2nnc(C)o2)c1. The van der Waals surface area contributed by atoms with Gasteiger partial charge in [-0.3, -0.25) is 0 Å². The minimum absolute atomic E-state index is 0.241. The van der Waals surface area contributed by atoms with E-state index in [9.17, 15) is 4.39 Å². The predicted octanol–water partition coefficient (Wildman–Crippen LogP) is 2.44. The van der Waals surface area contributed by atoms with Crippen molar-refractivity contribution in [1.29, 1.82) is 0 Å². The summed E-state index contributed by atoms with van der Waals surface area (Å²) < 4.78 is 18.5. The van der Waals surface area contributed by atoms with Crippen LogP contribution in [0.2, 0.25) is 0 Å². The number of aryl methyl sites for hydroxylation is 2. The second-order valence-corrected chi connectivity index (χ2v) is 3.57. The number of anilines is 1. The van der Waals surface area contributed by atoms with Crippen molar-refractivity contribution >= 4 is 6.01 Å². The van der Waals surface area contributed by atoms with Crippen molar-refractivity contribution in [1.82, 2.24) is 10.2 Å². The second kappa shape index (κ2) is 4.30. The van der Waals surface area contributed by atoms with Crippen molar-refractivity contribution in [3.05, 3.63) is 41.0 Å². The lowest BCUT2D eigenvalue weighted by atomic mass is 10.1. The average molecular weight is 221 g/mol. The van der Waals surface area contributed by atoms with Crippen LogP contribution in [0.1, 0.15) is 17.0 Å². The number of nitrogens with zero attached hydrogens (tertiary/aromatic N) is 2. The Morgan fingerprint density at radius 1 is 1.31 bits per heavy atom. The first kappa shape index (κ1) is 10.6. The lowest BCUT2D eigenvalue weighted by molar-refractivity contribution is 0.529. The van der Waals surface area contributed by atoms with Crippen LogP contribution in [0, 0.1) is 19.7 Å². The van der Waals surface area contributed by atoms with Crippen LogP contribution in [-0.2, 0) is 6.54 Å². The fourth-order valence-corrected chi connectivity index (χ4v) is 1.38. The largest absolute Gasteiger partial charge is 0.408 e. The zero-order valence-electron chi connectivity index (χ0n) is 9.12. The van der Waals surface area contributed by atoms with Crippen LogP contribution in [0.3, 0.4) is 0 Å². The molecule has 0 amide bonds. The minimum atomic E-state index is -0.241. The van der Waals surface area contributed by atoms with E-state index in [2.05, 4.69) is 15.5 Å². The second-order valence-electron chi connectivity index (χ2n) is 3.57. The van der Waals surface area contributed by atoms with E-state index in [-0.39, 0.29) is 5.82 Å². The Labute approximate surface area is 92.5 Å². The van der Waals surface area contributed by atoms with E-state index in [1.165, 1.54) is 6.07 Å². The van der Waals surface area contributed by atoms with E-state index >= 15 is 0 Å². The lowest BCUT2D eigenvalue weighted by Crippen LogP contribution is -2.02. The summed E-state index contributed by atoms with van der Waals surface area (Å²) in [7, 11) is 0. The van der Waals surface area contributed by atoms with Gasteiger partial charge in [0.15, 0.2) is 0 Å². The molecule has 16 heavy (non-hydrogen) atoms. The molecule has 1 N–H and O–H groups in total. The van der Waals surface area contributed by atoms with Crippen molar-refractivity contribution in [3.63, 3.8) is 0 Å². The van der Waals surface area contributed by atoms with Gasteiger partial charge in [-0.2, -0.15) is 0 Å². The maximum atomic E-state index is 13.4. The van der Waals surface area contributed by atoms with Gasteiger partial charge in [-0.05, 0) is 13.0 Å². The third-order valence-corrected chi connectivity index (χ3v) is 2.16. The average Bonchev–Trinajstić information content (AvgIpc) is 2.66. The van der Waals surface area contributed by atoms with Crippen molar-refractivity contribution < 1.29 is 8.81 Å². The van der Waals surface area contributed by atoms with Crippen molar-refractivity contribution in [2.24, 2.45) is 0 Å². The molecule has 5 heteroatoms. The number of aromatic nitrogens is 2. The Hall–Kier alpha value is -1.91. The summed E-state index contributed by atoms with van der Waals surface area (Å²) >= 11 is 0. The Kier molecular flexibility index (Phi) is 2.85. The Morgan fingerprint density at radius 2 is 2.12 bits per heavy atom. The number of hydrogen-bond donors (Lipinski definition) is 1. The van der Waals surface area contributed by atoms with Gasteiger partial charge < -0.3 is 9.73 Å². The summed E-state index contributed by atoms with van der Waals surface area (Å²) in [4.78, 5) is 0. The van der Waals surface area contributed by atoms with Gasteiger partial charge in [0.1, 0.15) is 5.82 Å². The fourth-order valence-electron chi connectivity index (χ4n) is 1.38. The van der Waals surface area contributed by atoms with Gasteiger partial charge in [0.05, 0.1) is 0 Å². The van der Waals surface area contributed by atoms with Crippen LogP contribution in [0.15, 0.2) is 22.6 Å². The number of benzene rings is 1. The molecule has 0 unspecified atom stereocenters. The Bertz CT molecular complexity index is 496. The molecule has 2 rings (SSSR count). The van der Waals surface area contributed by atoms with Crippen LogP contribution in [0.25, 0.3) is 0 Å². The normalized spacial score (nSPS) is 10.4.